The van der Waals surface area contributed by atoms with Gasteiger partial charge >= 0.3 is 0 Å². The molecule has 7 heteroatoms. The molecule has 1 aromatic carbocycles. The Kier molecular flexibility index (Phi) is 4.71. The van der Waals surface area contributed by atoms with Crippen LogP contribution in [0, 0.1) is 17.7 Å². The van der Waals surface area contributed by atoms with Gasteiger partial charge in [0, 0.05) is 24.6 Å². The lowest BCUT2D eigenvalue weighted by Gasteiger charge is -2.33. The summed E-state index contributed by atoms with van der Waals surface area (Å²) in [4.78, 5) is 26.7. The lowest BCUT2D eigenvalue weighted by atomic mass is 9.89. The van der Waals surface area contributed by atoms with Crippen LogP contribution in [-0.4, -0.2) is 49.6 Å². The lowest BCUT2D eigenvalue weighted by molar-refractivity contribution is -0.136. The molecule has 0 spiro atoms. The first-order valence-corrected chi connectivity index (χ1v) is 9.97. The lowest BCUT2D eigenvalue weighted by Crippen LogP contribution is -2.45. The Labute approximate surface area is 140 Å². The van der Waals surface area contributed by atoms with E-state index in [9.17, 15) is 22.4 Å². The molecule has 0 aromatic heterocycles. The Balaban J connectivity index is 1.67. The number of halogens is 1. The highest BCUT2D eigenvalue weighted by molar-refractivity contribution is 7.91. The van der Waals surface area contributed by atoms with E-state index in [1.807, 2.05) is 0 Å². The highest BCUT2D eigenvalue weighted by Gasteiger charge is 2.37. The van der Waals surface area contributed by atoms with Crippen molar-refractivity contribution in [1.29, 1.82) is 0 Å². The number of ketones is 1. The average Bonchev–Trinajstić information content (AvgIpc) is 2.94. The highest BCUT2D eigenvalue weighted by Crippen LogP contribution is 2.26. The van der Waals surface area contributed by atoms with Crippen molar-refractivity contribution in [1.82, 2.24) is 4.90 Å². The molecule has 0 N–H and O–H groups in total. The Morgan fingerprint density at radius 3 is 2.42 bits per heavy atom. The largest absolute Gasteiger partial charge is 0.342 e. The van der Waals surface area contributed by atoms with Crippen molar-refractivity contribution in [2.45, 2.75) is 19.3 Å². The van der Waals surface area contributed by atoms with Gasteiger partial charge in [0.25, 0.3) is 0 Å². The van der Waals surface area contributed by atoms with Crippen molar-refractivity contribution < 1.29 is 22.4 Å². The number of hydrogen-bond acceptors (Lipinski definition) is 4. The smallest absolute Gasteiger partial charge is 0.226 e. The molecule has 2 aliphatic rings. The molecule has 0 bridgehead atoms. The molecule has 2 saturated heterocycles. The summed E-state index contributed by atoms with van der Waals surface area (Å²) in [5, 5.41) is 0. The minimum atomic E-state index is -3.11. The van der Waals surface area contributed by atoms with Crippen molar-refractivity contribution in [3.63, 3.8) is 0 Å². The molecule has 0 saturated carbocycles. The summed E-state index contributed by atoms with van der Waals surface area (Å²) in [6.45, 7) is 0.869. The molecule has 0 aliphatic carbocycles. The number of Topliss-reactive ketones (excluding diaryl/α,β-unsaturated/α-hetero) is 1. The normalized spacial score (nSPS) is 26.3. The van der Waals surface area contributed by atoms with E-state index in [4.69, 9.17) is 0 Å². The van der Waals surface area contributed by atoms with E-state index in [2.05, 4.69) is 0 Å². The van der Waals surface area contributed by atoms with E-state index in [1.165, 1.54) is 24.3 Å². The Bertz CT molecular complexity index is 744. The molecule has 3 rings (SSSR count). The number of carbonyl (C=O) groups is 2. The van der Waals surface area contributed by atoms with Crippen LogP contribution >= 0.6 is 0 Å². The molecule has 1 amide bonds. The molecular formula is C17H20FNO4S. The van der Waals surface area contributed by atoms with Crippen LogP contribution in [0.25, 0.3) is 0 Å². The predicted octanol–water partition coefficient (Wildman–Crippen LogP) is 1.68. The zero-order valence-electron chi connectivity index (χ0n) is 13.3. The van der Waals surface area contributed by atoms with Crippen LogP contribution in [0.5, 0.6) is 0 Å². The summed E-state index contributed by atoms with van der Waals surface area (Å²) in [5.41, 5.74) is 0.444. The van der Waals surface area contributed by atoms with Gasteiger partial charge in [-0.15, -0.1) is 0 Å². The van der Waals surface area contributed by atoms with Crippen molar-refractivity contribution in [2.75, 3.05) is 24.6 Å². The number of piperidine rings is 1. The van der Waals surface area contributed by atoms with Crippen LogP contribution in [-0.2, 0) is 14.6 Å². The van der Waals surface area contributed by atoms with Crippen LogP contribution in [0.15, 0.2) is 24.3 Å². The van der Waals surface area contributed by atoms with Gasteiger partial charge in [-0.2, -0.15) is 0 Å². The summed E-state index contributed by atoms with van der Waals surface area (Å²) < 4.78 is 36.1. The minimum absolute atomic E-state index is 0.0647. The van der Waals surface area contributed by atoms with Crippen LogP contribution in [0.1, 0.15) is 29.6 Å². The molecule has 24 heavy (non-hydrogen) atoms. The SMILES string of the molecule is O=C(c1ccc(F)cc1)C1CCCN(C(=O)C2CCS(=O)(=O)C2)C1. The minimum Gasteiger partial charge on any atom is -0.342 e. The molecule has 2 unspecified atom stereocenters. The third kappa shape index (κ3) is 3.66. The number of hydrogen-bond donors (Lipinski definition) is 0. The second-order valence-electron chi connectivity index (χ2n) is 6.59. The molecule has 2 atom stereocenters. The Morgan fingerprint density at radius 1 is 1.08 bits per heavy atom. The number of likely N-dealkylation sites (tertiary alicyclic amines) is 1. The van der Waals surface area contributed by atoms with Crippen molar-refractivity contribution >= 4 is 21.5 Å². The van der Waals surface area contributed by atoms with Crippen molar-refractivity contribution in [2.24, 2.45) is 11.8 Å². The molecule has 0 radical (unpaired) electrons. The summed E-state index contributed by atoms with van der Waals surface area (Å²) in [5.74, 6) is -1.46. The first-order chi connectivity index (χ1) is 11.4. The van der Waals surface area contributed by atoms with Crippen molar-refractivity contribution in [3.8, 4) is 0 Å². The fourth-order valence-electron chi connectivity index (χ4n) is 3.49. The zero-order chi connectivity index (χ0) is 17.3. The van der Waals surface area contributed by atoms with Crippen LogP contribution in [0.3, 0.4) is 0 Å². The second-order valence-corrected chi connectivity index (χ2v) is 8.82. The number of rotatable bonds is 3. The first-order valence-electron chi connectivity index (χ1n) is 8.15. The molecule has 1 aromatic rings. The summed E-state index contributed by atoms with van der Waals surface area (Å²) in [7, 11) is -3.11. The Morgan fingerprint density at radius 2 is 1.79 bits per heavy atom. The van der Waals surface area contributed by atoms with Crippen LogP contribution in [0.2, 0.25) is 0 Å². The van der Waals surface area contributed by atoms with Gasteiger partial charge in [0.05, 0.1) is 17.4 Å². The standard InChI is InChI=1S/C17H20FNO4S/c18-15-5-3-12(4-6-15)16(20)13-2-1-8-19(10-13)17(21)14-7-9-24(22,23)11-14/h3-6,13-14H,1-2,7-11H2. The Hall–Kier alpha value is -1.76. The summed E-state index contributed by atoms with van der Waals surface area (Å²) >= 11 is 0. The van der Waals surface area contributed by atoms with E-state index >= 15 is 0 Å². The van der Waals surface area contributed by atoms with Crippen LogP contribution < -0.4 is 0 Å². The maximum absolute atomic E-state index is 13.0. The second kappa shape index (κ2) is 6.63. The van der Waals surface area contributed by atoms with E-state index in [0.717, 1.165) is 0 Å². The maximum Gasteiger partial charge on any atom is 0.226 e. The quantitative estimate of drug-likeness (QED) is 0.775. The number of benzene rings is 1. The van der Waals surface area contributed by atoms with Gasteiger partial charge in [-0.1, -0.05) is 0 Å². The fraction of sp³-hybridized carbons (Fsp3) is 0.529. The number of carbonyl (C=O) groups excluding carboxylic acids is 2. The first kappa shape index (κ1) is 17.1. The van der Waals surface area contributed by atoms with Crippen molar-refractivity contribution in [3.05, 3.63) is 35.6 Å². The number of sulfone groups is 1. The summed E-state index contributed by atoms with van der Waals surface area (Å²) in [6, 6.07) is 5.43. The molecular weight excluding hydrogens is 333 g/mol. The predicted molar refractivity (Wildman–Crippen MR) is 86.8 cm³/mol. The number of amides is 1. The van der Waals surface area contributed by atoms with Gasteiger partial charge in [0.15, 0.2) is 15.6 Å². The van der Waals surface area contributed by atoms with Gasteiger partial charge in [-0.3, -0.25) is 9.59 Å². The van der Waals surface area contributed by atoms with Crippen LogP contribution in [0.4, 0.5) is 4.39 Å². The van der Waals surface area contributed by atoms with E-state index < -0.39 is 21.6 Å². The molecule has 130 valence electrons. The van der Waals surface area contributed by atoms with E-state index in [1.54, 1.807) is 4.90 Å². The van der Waals surface area contributed by atoms with E-state index in [0.29, 0.717) is 37.9 Å². The van der Waals surface area contributed by atoms with Gasteiger partial charge in [0.2, 0.25) is 5.91 Å². The molecule has 2 aliphatic heterocycles. The van der Waals surface area contributed by atoms with Gasteiger partial charge in [0.1, 0.15) is 5.82 Å². The highest BCUT2D eigenvalue weighted by atomic mass is 32.2. The van der Waals surface area contributed by atoms with Gasteiger partial charge in [-0.05, 0) is 43.5 Å². The van der Waals surface area contributed by atoms with E-state index in [-0.39, 0.29) is 29.1 Å². The monoisotopic (exact) mass is 353 g/mol. The fourth-order valence-corrected chi connectivity index (χ4v) is 5.22. The average molecular weight is 353 g/mol. The summed E-state index contributed by atoms with van der Waals surface area (Å²) in [6.07, 6.45) is 1.76. The molecule has 5 nitrogen and oxygen atoms in total. The maximum atomic E-state index is 13.0. The topological polar surface area (TPSA) is 71.5 Å². The van der Waals surface area contributed by atoms with Gasteiger partial charge in [-0.25, -0.2) is 12.8 Å². The zero-order valence-corrected chi connectivity index (χ0v) is 14.1. The van der Waals surface area contributed by atoms with Gasteiger partial charge < -0.3 is 4.90 Å². The molecule has 2 heterocycles. The third-order valence-corrected chi connectivity index (χ3v) is 6.58. The number of nitrogens with zero attached hydrogens (tertiary/aromatic N) is 1. The third-order valence-electron chi connectivity index (χ3n) is 4.81. The molecule has 2 fully saturated rings.